The van der Waals surface area contributed by atoms with Crippen molar-refractivity contribution in [2.24, 2.45) is 5.92 Å². The number of carboxylic acid groups (broad SMARTS) is 1. The number of amides is 1. The lowest BCUT2D eigenvalue weighted by Gasteiger charge is -2.18. The molecule has 1 heterocycles. The van der Waals surface area contributed by atoms with Gasteiger partial charge < -0.3 is 14.8 Å². The molecule has 17 heavy (non-hydrogen) atoms. The summed E-state index contributed by atoms with van der Waals surface area (Å²) in [5.74, 6) is -2.31. The Morgan fingerprint density at radius 3 is 2.76 bits per heavy atom. The molecule has 1 aromatic carbocycles. The normalized spacial score (nSPS) is 19.1. The van der Waals surface area contributed by atoms with Gasteiger partial charge in [0.25, 0.3) is 0 Å². The number of carboxylic acids is 1. The number of benzene rings is 1. The van der Waals surface area contributed by atoms with Crippen LogP contribution in [0.4, 0.5) is 5.69 Å². The number of nitrogens with zero attached hydrogens (tertiary/aromatic N) is 2. The molecule has 86 valence electrons. The Morgan fingerprint density at radius 1 is 1.47 bits per heavy atom. The Labute approximate surface area is 97.9 Å². The minimum atomic E-state index is -1.23. The third-order valence-corrected chi connectivity index (χ3v) is 2.77. The molecule has 1 fully saturated rings. The maximum atomic E-state index is 11.7. The van der Waals surface area contributed by atoms with Crippen molar-refractivity contribution in [1.82, 2.24) is 0 Å². The molecule has 0 bridgehead atoms. The van der Waals surface area contributed by atoms with Gasteiger partial charge in [-0.15, -0.1) is 0 Å². The van der Waals surface area contributed by atoms with Crippen LogP contribution in [0.15, 0.2) is 24.3 Å². The first-order valence-electron chi connectivity index (χ1n) is 5.14. The fourth-order valence-electron chi connectivity index (χ4n) is 1.90. The number of aliphatic carboxylic acids is 1. The highest BCUT2D eigenvalue weighted by Gasteiger charge is 2.32. The Kier molecular flexibility index (Phi) is 2.79. The average Bonchev–Trinajstić information content (AvgIpc) is 2.71. The summed E-state index contributed by atoms with van der Waals surface area (Å²) in [6, 6.07) is 8.60. The van der Waals surface area contributed by atoms with E-state index in [0.29, 0.717) is 11.3 Å². The van der Waals surface area contributed by atoms with E-state index in [2.05, 4.69) is 0 Å². The maximum Gasteiger partial charge on any atom is 0.227 e. The third kappa shape index (κ3) is 1.97. The van der Waals surface area contributed by atoms with E-state index in [0.717, 1.165) is 0 Å². The summed E-state index contributed by atoms with van der Waals surface area (Å²) in [7, 11) is 0. The van der Waals surface area contributed by atoms with Crippen LogP contribution in [0, 0.1) is 17.2 Å². The van der Waals surface area contributed by atoms with Crippen molar-refractivity contribution in [3.05, 3.63) is 29.8 Å². The van der Waals surface area contributed by atoms with Crippen LogP contribution in [-0.2, 0) is 9.59 Å². The van der Waals surface area contributed by atoms with Gasteiger partial charge in [-0.2, -0.15) is 5.26 Å². The van der Waals surface area contributed by atoms with Crippen molar-refractivity contribution in [3.8, 4) is 6.07 Å². The van der Waals surface area contributed by atoms with Crippen molar-refractivity contribution in [2.75, 3.05) is 11.4 Å². The molecule has 1 amide bonds. The SMILES string of the molecule is N#Cc1ccccc1N1C[C@@H](C(=O)[O-])CC1=O. The van der Waals surface area contributed by atoms with Crippen molar-refractivity contribution < 1.29 is 14.7 Å². The van der Waals surface area contributed by atoms with Crippen LogP contribution in [-0.4, -0.2) is 18.4 Å². The molecule has 0 saturated carbocycles. The van der Waals surface area contributed by atoms with Crippen LogP contribution in [0.2, 0.25) is 0 Å². The second-order valence-corrected chi connectivity index (χ2v) is 3.85. The zero-order chi connectivity index (χ0) is 12.4. The number of para-hydroxylation sites is 1. The summed E-state index contributed by atoms with van der Waals surface area (Å²) < 4.78 is 0. The largest absolute Gasteiger partial charge is 0.550 e. The van der Waals surface area contributed by atoms with E-state index in [-0.39, 0.29) is 18.9 Å². The topological polar surface area (TPSA) is 84.2 Å². The van der Waals surface area contributed by atoms with Crippen LogP contribution in [0.5, 0.6) is 0 Å². The fourth-order valence-corrected chi connectivity index (χ4v) is 1.90. The Balaban J connectivity index is 2.33. The number of hydrogen-bond acceptors (Lipinski definition) is 4. The summed E-state index contributed by atoms with van der Waals surface area (Å²) in [4.78, 5) is 23.7. The van der Waals surface area contributed by atoms with Gasteiger partial charge in [-0.25, -0.2) is 0 Å². The lowest BCUT2D eigenvalue weighted by molar-refractivity contribution is -0.310. The Bertz CT molecular complexity index is 519. The highest BCUT2D eigenvalue weighted by molar-refractivity contribution is 5.99. The van der Waals surface area contributed by atoms with E-state index in [9.17, 15) is 14.7 Å². The van der Waals surface area contributed by atoms with Gasteiger partial charge in [-0.1, -0.05) is 12.1 Å². The second kappa shape index (κ2) is 4.26. The number of anilines is 1. The predicted octanol–water partition coefficient (Wildman–Crippen LogP) is -0.339. The van der Waals surface area contributed by atoms with Crippen molar-refractivity contribution in [2.45, 2.75) is 6.42 Å². The fraction of sp³-hybridized carbons (Fsp3) is 0.250. The molecule has 0 N–H and O–H groups in total. The molecule has 1 aliphatic heterocycles. The zero-order valence-electron chi connectivity index (χ0n) is 8.92. The Morgan fingerprint density at radius 2 is 2.18 bits per heavy atom. The highest BCUT2D eigenvalue weighted by atomic mass is 16.4. The molecule has 1 atom stereocenters. The minimum absolute atomic E-state index is 0.0674. The molecule has 0 aromatic heterocycles. The number of carbonyl (C=O) groups is 2. The molecule has 0 unspecified atom stereocenters. The maximum absolute atomic E-state index is 11.7. The molecule has 1 aromatic rings. The lowest BCUT2D eigenvalue weighted by atomic mass is 10.1. The van der Waals surface area contributed by atoms with Gasteiger partial charge in [0.05, 0.1) is 11.3 Å². The zero-order valence-corrected chi connectivity index (χ0v) is 8.92. The summed E-state index contributed by atoms with van der Waals surface area (Å²) in [6.07, 6.45) is -0.0674. The van der Waals surface area contributed by atoms with Gasteiger partial charge in [0.1, 0.15) is 6.07 Å². The summed E-state index contributed by atoms with van der Waals surface area (Å²) in [5.41, 5.74) is 0.823. The molecular formula is C12H9N2O3-. The van der Waals surface area contributed by atoms with Crippen molar-refractivity contribution in [3.63, 3.8) is 0 Å². The molecule has 0 aliphatic carbocycles. The third-order valence-electron chi connectivity index (χ3n) is 2.77. The summed E-state index contributed by atoms with van der Waals surface area (Å²) in [5, 5.41) is 19.6. The van der Waals surface area contributed by atoms with Gasteiger partial charge in [0.15, 0.2) is 0 Å². The van der Waals surface area contributed by atoms with Gasteiger partial charge in [0.2, 0.25) is 5.91 Å². The Hall–Kier alpha value is -2.35. The van der Waals surface area contributed by atoms with Crippen LogP contribution >= 0.6 is 0 Å². The summed E-state index contributed by atoms with van der Waals surface area (Å²) >= 11 is 0. The second-order valence-electron chi connectivity index (χ2n) is 3.85. The van der Waals surface area contributed by atoms with Gasteiger partial charge >= 0.3 is 0 Å². The molecule has 2 rings (SSSR count). The molecular weight excluding hydrogens is 220 g/mol. The van der Waals surface area contributed by atoms with Crippen LogP contribution in [0.1, 0.15) is 12.0 Å². The predicted molar refractivity (Wildman–Crippen MR) is 56.6 cm³/mol. The van der Waals surface area contributed by atoms with Crippen molar-refractivity contribution >= 4 is 17.6 Å². The van der Waals surface area contributed by atoms with E-state index in [1.165, 1.54) is 4.90 Å². The average molecular weight is 229 g/mol. The van der Waals surface area contributed by atoms with Crippen molar-refractivity contribution in [1.29, 1.82) is 5.26 Å². The number of rotatable bonds is 2. The molecule has 0 radical (unpaired) electrons. The standard InChI is InChI=1S/C12H10N2O3/c13-6-8-3-1-2-4-10(8)14-7-9(12(16)17)5-11(14)15/h1-4,9H,5,7H2,(H,16,17)/p-1/t9-/m0/s1. The molecule has 1 aliphatic rings. The van der Waals surface area contributed by atoms with Crippen LogP contribution in [0.3, 0.4) is 0 Å². The van der Waals surface area contributed by atoms with Gasteiger partial charge in [-0.05, 0) is 12.1 Å². The first-order valence-corrected chi connectivity index (χ1v) is 5.14. The van der Waals surface area contributed by atoms with Crippen LogP contribution in [0.25, 0.3) is 0 Å². The lowest BCUT2D eigenvalue weighted by Crippen LogP contribution is -2.33. The monoisotopic (exact) mass is 229 g/mol. The van der Waals surface area contributed by atoms with Crippen LogP contribution < -0.4 is 10.0 Å². The van der Waals surface area contributed by atoms with E-state index in [1.54, 1.807) is 24.3 Å². The molecule has 1 saturated heterocycles. The number of nitriles is 1. The van der Waals surface area contributed by atoms with E-state index in [1.807, 2.05) is 6.07 Å². The molecule has 0 spiro atoms. The van der Waals surface area contributed by atoms with Gasteiger partial charge in [0, 0.05) is 24.9 Å². The highest BCUT2D eigenvalue weighted by Crippen LogP contribution is 2.27. The molecule has 5 heteroatoms. The minimum Gasteiger partial charge on any atom is -0.550 e. The number of carbonyl (C=O) groups excluding carboxylic acids is 2. The molecule has 5 nitrogen and oxygen atoms in total. The van der Waals surface area contributed by atoms with E-state index >= 15 is 0 Å². The first kappa shape index (κ1) is 11.1. The van der Waals surface area contributed by atoms with E-state index < -0.39 is 11.9 Å². The number of hydrogen-bond donors (Lipinski definition) is 0. The first-order chi connectivity index (χ1) is 8.13. The smallest absolute Gasteiger partial charge is 0.227 e. The quantitative estimate of drug-likeness (QED) is 0.694. The van der Waals surface area contributed by atoms with E-state index in [4.69, 9.17) is 5.26 Å². The van der Waals surface area contributed by atoms with Gasteiger partial charge in [-0.3, -0.25) is 4.79 Å². The summed E-state index contributed by atoms with van der Waals surface area (Å²) in [6.45, 7) is 0.0693.